The molecule has 3 aromatic heterocycles. The summed E-state index contributed by atoms with van der Waals surface area (Å²) in [5.74, 6) is 0.189. The van der Waals surface area contributed by atoms with Gasteiger partial charge in [0.1, 0.15) is 5.52 Å². The molecule has 5 aliphatic rings. The van der Waals surface area contributed by atoms with Gasteiger partial charge >= 0.3 is 0 Å². The number of aryl methyl sites for hydroxylation is 2. The van der Waals surface area contributed by atoms with Crippen molar-refractivity contribution < 1.29 is 13.9 Å². The number of halogens is 3. The zero-order valence-electron chi connectivity index (χ0n) is 28.2. The maximum atomic E-state index is 17.2. The molecule has 0 spiro atoms. The van der Waals surface area contributed by atoms with Crippen LogP contribution in [-0.2, 0) is 22.6 Å². The van der Waals surface area contributed by atoms with Gasteiger partial charge in [0.05, 0.1) is 46.4 Å². The third-order valence-electron chi connectivity index (χ3n) is 11.5. The van der Waals surface area contributed by atoms with E-state index in [4.69, 9.17) is 32.9 Å². The number of carbonyl (C=O) groups excluding carboxylic acids is 1. The van der Waals surface area contributed by atoms with Crippen molar-refractivity contribution in [2.45, 2.75) is 76.3 Å². The van der Waals surface area contributed by atoms with E-state index >= 15 is 4.39 Å². The van der Waals surface area contributed by atoms with Gasteiger partial charge in [0.2, 0.25) is 5.91 Å². The Labute approximate surface area is 305 Å². The molecule has 8 nitrogen and oxygen atoms in total. The van der Waals surface area contributed by atoms with Crippen molar-refractivity contribution in [1.82, 2.24) is 24.8 Å². The number of pyridine rings is 2. The Balaban J connectivity index is 1.24. The number of nitriles is 1. The predicted octanol–water partition coefficient (Wildman–Crippen LogP) is 8.26. The first-order valence-corrected chi connectivity index (χ1v) is 18.6. The number of aromatic nitrogens is 3. The Kier molecular flexibility index (Phi) is 8.27. The second-order valence-corrected chi connectivity index (χ2v) is 15.4. The van der Waals surface area contributed by atoms with Crippen molar-refractivity contribution in [1.29, 1.82) is 5.26 Å². The van der Waals surface area contributed by atoms with E-state index in [1.54, 1.807) is 24.4 Å². The number of hydrogen-bond donors (Lipinski definition) is 1. The number of rotatable bonds is 9. The first kappa shape index (κ1) is 32.8. The van der Waals surface area contributed by atoms with Crippen LogP contribution in [0.3, 0.4) is 0 Å². The van der Waals surface area contributed by atoms with E-state index in [2.05, 4.69) is 27.0 Å². The highest BCUT2D eigenvalue weighted by Crippen LogP contribution is 2.51. The van der Waals surface area contributed by atoms with Gasteiger partial charge in [0, 0.05) is 83.6 Å². The van der Waals surface area contributed by atoms with Crippen LogP contribution in [0.2, 0.25) is 10.0 Å². The van der Waals surface area contributed by atoms with Gasteiger partial charge in [0.25, 0.3) is 0 Å². The predicted molar refractivity (Wildman–Crippen MR) is 195 cm³/mol. The molecular formula is C40H37Cl2FN6O2. The van der Waals surface area contributed by atoms with Crippen LogP contribution in [0.25, 0.3) is 32.9 Å². The van der Waals surface area contributed by atoms with Crippen LogP contribution in [0.4, 0.5) is 4.39 Å². The van der Waals surface area contributed by atoms with E-state index < -0.39 is 5.82 Å². The van der Waals surface area contributed by atoms with Crippen LogP contribution >= 0.6 is 23.2 Å². The highest BCUT2D eigenvalue weighted by atomic mass is 35.5. The second-order valence-electron chi connectivity index (χ2n) is 14.6. The molecule has 6 heterocycles. The minimum absolute atomic E-state index is 0.0571. The van der Waals surface area contributed by atoms with Crippen LogP contribution < -0.4 is 5.32 Å². The molecule has 5 unspecified atom stereocenters. The molecule has 5 fully saturated rings. The molecule has 2 aromatic carbocycles. The summed E-state index contributed by atoms with van der Waals surface area (Å²) in [4.78, 5) is 25.2. The van der Waals surface area contributed by atoms with E-state index in [0.717, 1.165) is 48.0 Å². The highest BCUT2D eigenvalue weighted by Gasteiger charge is 2.51. The fourth-order valence-corrected chi connectivity index (χ4v) is 9.20. The third-order valence-corrected chi connectivity index (χ3v) is 12.3. The fourth-order valence-electron chi connectivity index (χ4n) is 8.80. The summed E-state index contributed by atoms with van der Waals surface area (Å²) >= 11 is 13.1. The number of amides is 1. The molecule has 3 saturated heterocycles. The van der Waals surface area contributed by atoms with Crippen LogP contribution in [0.5, 0.6) is 0 Å². The Bertz CT molecular complexity index is 2240. The molecule has 0 radical (unpaired) electrons. The van der Waals surface area contributed by atoms with Crippen LogP contribution in [0.15, 0.2) is 54.9 Å². The molecule has 11 heteroatoms. The zero-order chi connectivity index (χ0) is 35.0. The van der Waals surface area contributed by atoms with Gasteiger partial charge in [-0.25, -0.2) is 9.37 Å². The average molecular weight is 724 g/mol. The molecule has 3 aliphatic heterocycles. The molecule has 2 aliphatic carbocycles. The van der Waals surface area contributed by atoms with Crippen molar-refractivity contribution in [3.63, 3.8) is 0 Å². The largest absolute Gasteiger partial charge is 0.372 e. The lowest BCUT2D eigenvalue weighted by Gasteiger charge is -2.39. The zero-order valence-corrected chi connectivity index (χ0v) is 29.7. The molecule has 260 valence electrons. The standard InChI is InChI=1S/C40H37Cl2FN6O2/c1-21-28-16-33(32-15-26(19-48(32)40(50)23-9-10-23)51-20-22-5-4-12-45-17-22)49(38-25-14-31(38)46-18-25)39(28)29-13-24(6-3-11-44)34(36(43)37(29)47-21)27-7-2-8-30(41)35(27)42/h2,4-5,7-8,12-13,16-17,23,25-26,31-32,38,46H,3,6,9-10,14-15,18-20H2,1H3. The number of nitrogens with one attached hydrogen (secondary N) is 1. The number of fused-ring (bicyclic) bond motifs is 4. The second kappa shape index (κ2) is 12.9. The van der Waals surface area contributed by atoms with Crippen molar-refractivity contribution in [2.24, 2.45) is 11.8 Å². The SMILES string of the molecule is Cc1nc2c(F)c(-c3cccc(Cl)c3Cl)c(CCC#N)cc2c2c1cc(C1CC(OCc3cccnc3)CN1C(=O)C1CC1)n2C1C2CNC1C2. The van der Waals surface area contributed by atoms with Gasteiger partial charge in [-0.2, -0.15) is 5.26 Å². The van der Waals surface area contributed by atoms with Crippen LogP contribution in [-0.4, -0.2) is 50.6 Å². The van der Waals surface area contributed by atoms with Crippen LogP contribution in [0, 0.1) is 35.9 Å². The fraction of sp³-hybridized carbons (Fsp3) is 0.400. The van der Waals surface area contributed by atoms with Crippen molar-refractivity contribution in [3.8, 4) is 17.2 Å². The molecule has 5 atom stereocenters. The Morgan fingerprint density at radius 3 is 2.75 bits per heavy atom. The van der Waals surface area contributed by atoms with E-state index in [0.29, 0.717) is 64.7 Å². The Morgan fingerprint density at radius 2 is 2.02 bits per heavy atom. The third kappa shape index (κ3) is 5.50. The quantitative estimate of drug-likeness (QED) is 0.165. The van der Waals surface area contributed by atoms with Crippen molar-refractivity contribution >= 4 is 50.9 Å². The monoisotopic (exact) mass is 722 g/mol. The highest BCUT2D eigenvalue weighted by molar-refractivity contribution is 6.43. The molecular weight excluding hydrogens is 686 g/mol. The number of carbonyl (C=O) groups is 1. The lowest BCUT2D eigenvalue weighted by molar-refractivity contribution is -0.134. The molecule has 5 aromatic rings. The van der Waals surface area contributed by atoms with E-state index in [1.807, 2.05) is 36.2 Å². The van der Waals surface area contributed by atoms with E-state index in [1.165, 1.54) is 0 Å². The van der Waals surface area contributed by atoms with Crippen molar-refractivity contribution in [3.05, 3.63) is 93.2 Å². The topological polar surface area (TPSA) is 96.1 Å². The Hall–Kier alpha value is -4.07. The molecule has 1 N–H and O–H groups in total. The first-order chi connectivity index (χ1) is 24.8. The summed E-state index contributed by atoms with van der Waals surface area (Å²) < 4.78 is 26.0. The summed E-state index contributed by atoms with van der Waals surface area (Å²) in [6, 6.07) is 15.8. The summed E-state index contributed by atoms with van der Waals surface area (Å²) in [5.41, 5.74) is 5.42. The maximum absolute atomic E-state index is 17.2. The van der Waals surface area contributed by atoms with Gasteiger partial charge < -0.3 is 19.5 Å². The number of benzene rings is 2. The summed E-state index contributed by atoms with van der Waals surface area (Å²) in [6.07, 6.45) is 7.54. The molecule has 10 rings (SSSR count). The number of nitrogens with zero attached hydrogens (tertiary/aromatic N) is 5. The summed E-state index contributed by atoms with van der Waals surface area (Å²) in [7, 11) is 0. The maximum Gasteiger partial charge on any atom is 0.226 e. The molecule has 1 amide bonds. The van der Waals surface area contributed by atoms with Gasteiger partial charge in [-0.15, -0.1) is 0 Å². The lowest BCUT2D eigenvalue weighted by atomic mass is 9.79. The van der Waals surface area contributed by atoms with Gasteiger partial charge in [0.15, 0.2) is 5.82 Å². The summed E-state index contributed by atoms with van der Waals surface area (Å²) in [6.45, 7) is 3.79. The smallest absolute Gasteiger partial charge is 0.226 e. The summed E-state index contributed by atoms with van der Waals surface area (Å²) in [5, 5.41) is 15.5. The number of likely N-dealkylation sites (tertiary alicyclic amines) is 1. The molecule has 51 heavy (non-hydrogen) atoms. The lowest BCUT2D eigenvalue weighted by Crippen LogP contribution is -2.41. The molecule has 2 bridgehead atoms. The van der Waals surface area contributed by atoms with Gasteiger partial charge in [-0.3, -0.25) is 9.78 Å². The average Bonchev–Trinajstić information content (AvgIpc) is 3.43. The normalized spacial score (nSPS) is 24.0. The molecule has 2 saturated carbocycles. The van der Waals surface area contributed by atoms with E-state index in [9.17, 15) is 10.1 Å². The number of hydrogen-bond acceptors (Lipinski definition) is 6. The van der Waals surface area contributed by atoms with Gasteiger partial charge in [-0.1, -0.05) is 41.4 Å². The number of ether oxygens (including phenoxy) is 1. The van der Waals surface area contributed by atoms with Crippen LogP contribution in [0.1, 0.15) is 66.7 Å². The first-order valence-electron chi connectivity index (χ1n) is 17.8. The minimum atomic E-state index is -0.478. The van der Waals surface area contributed by atoms with Crippen molar-refractivity contribution in [2.75, 3.05) is 13.1 Å². The van der Waals surface area contributed by atoms with Gasteiger partial charge in [-0.05, 0) is 73.9 Å². The van der Waals surface area contributed by atoms with E-state index in [-0.39, 0.29) is 53.0 Å². The minimum Gasteiger partial charge on any atom is -0.372 e. The Morgan fingerprint density at radius 1 is 1.16 bits per heavy atom.